The average Bonchev–Trinajstić information content (AvgIpc) is 1.85. The number of carbonyl (C=O) groups excluding carboxylic acids is 1. The number of amides is 1. The first-order valence-corrected chi connectivity index (χ1v) is 2.66. The molecule has 0 saturated carbocycles. The first kappa shape index (κ1) is 11.1. The van der Waals surface area contributed by atoms with Gasteiger partial charge in [0.25, 0.3) is 0 Å². The molecule has 0 atom stereocenters. The van der Waals surface area contributed by atoms with Gasteiger partial charge < -0.3 is 11.1 Å². The lowest BCUT2D eigenvalue weighted by atomic mass is 10.3. The highest BCUT2D eigenvalue weighted by Crippen LogP contribution is 2.35. The third-order valence-corrected chi connectivity index (χ3v) is 0.904. The zero-order valence-corrected chi connectivity index (χ0v) is 5.58. The van der Waals surface area contributed by atoms with E-state index in [0.29, 0.717) is 0 Å². The molecule has 0 aromatic rings. The zero-order valence-electron chi connectivity index (χ0n) is 5.58. The molecule has 3 N–H and O–H groups in total. The number of nitrogens with two attached hydrogens (primary N) is 1. The summed E-state index contributed by atoms with van der Waals surface area (Å²) in [7, 11) is 0. The van der Waals surface area contributed by atoms with Crippen molar-refractivity contribution in [3.63, 3.8) is 0 Å². The van der Waals surface area contributed by atoms with E-state index in [1.165, 1.54) is 0 Å². The molecular formula is C4H5F5N2O. The van der Waals surface area contributed by atoms with E-state index < -0.39 is 24.7 Å². The molecule has 3 nitrogen and oxygen atoms in total. The molecule has 0 aliphatic carbocycles. The van der Waals surface area contributed by atoms with Crippen molar-refractivity contribution in [1.82, 2.24) is 5.32 Å². The number of alkyl halides is 5. The quantitative estimate of drug-likeness (QED) is 0.485. The van der Waals surface area contributed by atoms with Gasteiger partial charge in [0.2, 0.25) is 0 Å². The predicted octanol–water partition coefficient (Wildman–Crippen LogP) is 0.216. The normalized spacial score (nSPS) is 12.8. The molecule has 72 valence electrons. The Labute approximate surface area is 63.7 Å². The summed E-state index contributed by atoms with van der Waals surface area (Å²) in [5.74, 6) is -7.83. The highest BCUT2D eigenvalue weighted by atomic mass is 19.4. The van der Waals surface area contributed by atoms with Gasteiger partial charge >= 0.3 is 18.0 Å². The molecule has 0 saturated heterocycles. The van der Waals surface area contributed by atoms with Gasteiger partial charge in [-0.15, -0.1) is 0 Å². The molecule has 0 bridgehead atoms. The Bertz CT molecular complexity index is 177. The first-order valence-electron chi connectivity index (χ1n) is 2.66. The average molecular weight is 192 g/mol. The van der Waals surface area contributed by atoms with Crippen LogP contribution in [0.3, 0.4) is 0 Å². The number of hydrogen-bond acceptors (Lipinski definition) is 2. The monoisotopic (exact) mass is 192 g/mol. The number of halogens is 5. The number of rotatable bonds is 2. The molecule has 0 aromatic heterocycles. The summed E-state index contributed by atoms with van der Waals surface area (Å²) < 4.78 is 57.9. The smallest absolute Gasteiger partial charge is 0.338 e. The van der Waals surface area contributed by atoms with Gasteiger partial charge in [-0.2, -0.15) is 22.0 Å². The van der Waals surface area contributed by atoms with Crippen molar-refractivity contribution in [3.8, 4) is 0 Å². The van der Waals surface area contributed by atoms with Crippen LogP contribution in [-0.2, 0) is 4.79 Å². The van der Waals surface area contributed by atoms with Gasteiger partial charge in [0.05, 0.1) is 6.67 Å². The van der Waals surface area contributed by atoms with E-state index in [1.54, 1.807) is 0 Å². The van der Waals surface area contributed by atoms with Crippen LogP contribution in [-0.4, -0.2) is 24.7 Å². The van der Waals surface area contributed by atoms with E-state index in [9.17, 15) is 26.7 Å². The lowest BCUT2D eigenvalue weighted by Crippen LogP contribution is -2.51. The summed E-state index contributed by atoms with van der Waals surface area (Å²) in [5, 5.41) is 1.16. The minimum absolute atomic E-state index is 0.773. The summed E-state index contributed by atoms with van der Waals surface area (Å²) in [5.41, 5.74) is 4.54. The second-order valence-electron chi connectivity index (χ2n) is 1.78. The fraction of sp³-hybridized carbons (Fsp3) is 0.750. The molecule has 0 aliphatic heterocycles. The van der Waals surface area contributed by atoms with Crippen molar-refractivity contribution >= 4 is 5.91 Å². The minimum Gasteiger partial charge on any atom is -0.338 e. The van der Waals surface area contributed by atoms with Crippen molar-refractivity contribution in [3.05, 3.63) is 0 Å². The van der Waals surface area contributed by atoms with Gasteiger partial charge in [-0.1, -0.05) is 0 Å². The maximum atomic E-state index is 11.9. The standard InChI is InChI=1S/C4H5F5N2O/c5-3(6,4(7,8)9)2(12)11-1-10/h1,10H2,(H,11,12). The minimum atomic E-state index is -5.88. The molecule has 0 fully saturated rings. The largest absolute Gasteiger partial charge is 0.463 e. The zero-order chi connectivity index (χ0) is 9.99. The van der Waals surface area contributed by atoms with Gasteiger partial charge in [-0.25, -0.2) is 0 Å². The highest BCUT2D eigenvalue weighted by molar-refractivity contribution is 5.84. The molecule has 1 amide bonds. The third kappa shape index (κ3) is 2.03. The van der Waals surface area contributed by atoms with Crippen LogP contribution in [0.5, 0.6) is 0 Å². The maximum absolute atomic E-state index is 11.9. The van der Waals surface area contributed by atoms with E-state index in [2.05, 4.69) is 5.73 Å². The fourth-order valence-electron chi connectivity index (χ4n) is 0.332. The molecular weight excluding hydrogens is 187 g/mol. The Kier molecular flexibility index (Phi) is 2.97. The maximum Gasteiger partial charge on any atom is 0.463 e. The molecule has 0 rings (SSSR count). The Morgan fingerprint density at radius 2 is 1.67 bits per heavy atom. The lowest BCUT2D eigenvalue weighted by molar-refractivity contribution is -0.269. The molecule has 0 spiro atoms. The van der Waals surface area contributed by atoms with E-state index in [1.807, 2.05) is 0 Å². The Balaban J connectivity index is 4.50. The van der Waals surface area contributed by atoms with Crippen molar-refractivity contribution in [2.45, 2.75) is 12.1 Å². The third-order valence-electron chi connectivity index (χ3n) is 0.904. The Hall–Kier alpha value is -0.920. The summed E-state index contributed by atoms with van der Waals surface area (Å²) in [6, 6.07) is 0. The summed E-state index contributed by atoms with van der Waals surface area (Å²) in [6.45, 7) is -0.773. The molecule has 0 heterocycles. The van der Waals surface area contributed by atoms with Gasteiger partial charge in [-0.3, -0.25) is 4.79 Å². The molecule has 12 heavy (non-hydrogen) atoms. The first-order chi connectivity index (χ1) is 5.23. The molecule has 0 aromatic carbocycles. The van der Waals surface area contributed by atoms with Crippen molar-refractivity contribution in [1.29, 1.82) is 0 Å². The van der Waals surface area contributed by atoms with Gasteiger partial charge in [0.15, 0.2) is 0 Å². The van der Waals surface area contributed by atoms with E-state index >= 15 is 0 Å². The van der Waals surface area contributed by atoms with E-state index in [4.69, 9.17) is 0 Å². The lowest BCUT2D eigenvalue weighted by Gasteiger charge is -2.17. The second kappa shape index (κ2) is 3.21. The summed E-state index contributed by atoms with van der Waals surface area (Å²) in [4.78, 5) is 10.1. The van der Waals surface area contributed by atoms with Gasteiger partial charge in [0, 0.05) is 0 Å². The second-order valence-corrected chi connectivity index (χ2v) is 1.78. The fourth-order valence-corrected chi connectivity index (χ4v) is 0.332. The van der Waals surface area contributed by atoms with Crippen molar-refractivity contribution in [2.24, 2.45) is 5.73 Å². The van der Waals surface area contributed by atoms with Crippen LogP contribution in [0.25, 0.3) is 0 Å². The van der Waals surface area contributed by atoms with E-state index in [-0.39, 0.29) is 0 Å². The SMILES string of the molecule is NCNC(=O)C(F)(F)C(F)(F)F. The molecule has 0 radical (unpaired) electrons. The van der Waals surface area contributed by atoms with Crippen LogP contribution >= 0.6 is 0 Å². The Morgan fingerprint density at radius 1 is 1.25 bits per heavy atom. The molecule has 8 heteroatoms. The Morgan fingerprint density at radius 3 is 1.92 bits per heavy atom. The molecule has 0 aliphatic rings. The van der Waals surface area contributed by atoms with Gasteiger partial charge in [0.1, 0.15) is 0 Å². The summed E-state index contributed by atoms with van der Waals surface area (Å²) >= 11 is 0. The van der Waals surface area contributed by atoms with Crippen LogP contribution in [0.15, 0.2) is 0 Å². The van der Waals surface area contributed by atoms with E-state index in [0.717, 1.165) is 5.32 Å². The number of nitrogens with one attached hydrogen (secondary N) is 1. The van der Waals surface area contributed by atoms with Crippen LogP contribution in [0, 0.1) is 0 Å². The number of hydrogen-bond donors (Lipinski definition) is 2. The van der Waals surface area contributed by atoms with Crippen LogP contribution in [0.1, 0.15) is 0 Å². The van der Waals surface area contributed by atoms with Crippen molar-refractivity contribution < 1.29 is 26.7 Å². The van der Waals surface area contributed by atoms with Crippen molar-refractivity contribution in [2.75, 3.05) is 6.67 Å². The highest BCUT2D eigenvalue weighted by Gasteiger charge is 2.63. The van der Waals surface area contributed by atoms with Crippen LogP contribution in [0.4, 0.5) is 22.0 Å². The van der Waals surface area contributed by atoms with Gasteiger partial charge in [-0.05, 0) is 0 Å². The summed E-state index contributed by atoms with van der Waals surface area (Å²) in [6.07, 6.45) is -5.88. The molecule has 0 unspecified atom stereocenters. The predicted molar refractivity (Wildman–Crippen MR) is 28.2 cm³/mol. The van der Waals surface area contributed by atoms with Crippen LogP contribution in [0.2, 0.25) is 0 Å². The number of carbonyl (C=O) groups is 1. The topological polar surface area (TPSA) is 55.1 Å². The van der Waals surface area contributed by atoms with Crippen LogP contribution < -0.4 is 11.1 Å².